The molecule has 0 atom stereocenters. The van der Waals surface area contributed by atoms with Crippen LogP contribution in [0, 0.1) is 0 Å². The average Bonchev–Trinajstić information content (AvgIpc) is 2.67. The lowest BCUT2D eigenvalue weighted by Gasteiger charge is -2.21. The molecular weight excluding hydrogens is 312 g/mol. The zero-order valence-corrected chi connectivity index (χ0v) is 14.1. The van der Waals surface area contributed by atoms with Crippen LogP contribution >= 0.6 is 0 Å². The van der Waals surface area contributed by atoms with Crippen molar-refractivity contribution in [3.63, 3.8) is 0 Å². The van der Waals surface area contributed by atoms with Crippen molar-refractivity contribution in [2.24, 2.45) is 0 Å². The van der Waals surface area contributed by atoms with E-state index in [0.717, 1.165) is 0 Å². The van der Waals surface area contributed by atoms with Crippen molar-refractivity contribution in [1.29, 1.82) is 0 Å². The number of carboxylic acids is 1. The van der Waals surface area contributed by atoms with E-state index in [1.807, 2.05) is 24.3 Å². The van der Waals surface area contributed by atoms with Crippen LogP contribution < -0.4 is 5.11 Å². The highest BCUT2D eigenvalue weighted by molar-refractivity contribution is 6.07. The van der Waals surface area contributed by atoms with Crippen LogP contribution in [0.25, 0.3) is 6.08 Å². The van der Waals surface area contributed by atoms with Gasteiger partial charge in [-0.1, -0.05) is 73.9 Å². The van der Waals surface area contributed by atoms with Crippen LogP contribution in [0.3, 0.4) is 0 Å². The number of ketones is 1. The second-order valence-electron chi connectivity index (χ2n) is 6.53. The van der Waals surface area contributed by atoms with Gasteiger partial charge in [0.15, 0.2) is 5.78 Å². The van der Waals surface area contributed by atoms with Gasteiger partial charge in [-0.3, -0.25) is 4.79 Å². The van der Waals surface area contributed by atoms with Crippen molar-refractivity contribution >= 4 is 17.8 Å². The lowest BCUT2D eigenvalue weighted by atomic mass is 9.84. The molecule has 0 aromatic heterocycles. The molecular formula is C22H21O3-. The molecule has 0 aliphatic heterocycles. The minimum atomic E-state index is -1.25. The van der Waals surface area contributed by atoms with Gasteiger partial charge in [0.2, 0.25) is 0 Å². The van der Waals surface area contributed by atoms with Crippen molar-refractivity contribution in [2.75, 3.05) is 0 Å². The molecule has 0 unspecified atom stereocenters. The molecule has 1 fully saturated rings. The number of carbonyl (C=O) groups is 2. The van der Waals surface area contributed by atoms with E-state index in [4.69, 9.17) is 0 Å². The molecule has 0 bridgehead atoms. The van der Waals surface area contributed by atoms with E-state index in [2.05, 4.69) is 0 Å². The summed E-state index contributed by atoms with van der Waals surface area (Å²) in [6.45, 7) is 0. The molecule has 0 N–H and O–H groups in total. The van der Waals surface area contributed by atoms with Gasteiger partial charge >= 0.3 is 0 Å². The number of carboxylic acid groups (broad SMARTS) is 1. The highest BCUT2D eigenvalue weighted by Crippen LogP contribution is 2.32. The zero-order chi connectivity index (χ0) is 17.6. The maximum atomic E-state index is 12.3. The summed E-state index contributed by atoms with van der Waals surface area (Å²) >= 11 is 0. The normalized spacial score (nSPS) is 15.4. The zero-order valence-electron chi connectivity index (χ0n) is 14.1. The van der Waals surface area contributed by atoms with E-state index < -0.39 is 5.97 Å². The van der Waals surface area contributed by atoms with Crippen LogP contribution in [0.15, 0.2) is 54.6 Å². The molecule has 0 saturated heterocycles. The monoisotopic (exact) mass is 333 g/mol. The molecule has 3 heteroatoms. The molecule has 2 aromatic rings. The fraction of sp³-hybridized carbons (Fsp3) is 0.273. The number of hydrogen-bond acceptors (Lipinski definition) is 3. The third-order valence-electron chi connectivity index (χ3n) is 4.87. The van der Waals surface area contributed by atoms with E-state index in [9.17, 15) is 14.7 Å². The Morgan fingerprint density at radius 1 is 0.920 bits per heavy atom. The quantitative estimate of drug-likeness (QED) is 0.614. The number of carbonyl (C=O) groups excluding carboxylic acids is 2. The maximum Gasteiger partial charge on any atom is 0.185 e. The van der Waals surface area contributed by atoms with Crippen molar-refractivity contribution in [1.82, 2.24) is 0 Å². The largest absolute Gasteiger partial charge is 0.545 e. The molecule has 0 heterocycles. The Morgan fingerprint density at radius 3 is 2.28 bits per heavy atom. The number of hydrogen-bond donors (Lipinski definition) is 0. The summed E-state index contributed by atoms with van der Waals surface area (Å²) in [5.41, 5.74) is 2.47. The first-order chi connectivity index (χ1) is 12.1. The van der Waals surface area contributed by atoms with E-state index >= 15 is 0 Å². The highest BCUT2D eigenvalue weighted by Gasteiger charge is 2.15. The van der Waals surface area contributed by atoms with Crippen molar-refractivity contribution < 1.29 is 14.7 Å². The second-order valence-corrected chi connectivity index (χ2v) is 6.53. The Balaban J connectivity index is 1.72. The molecule has 25 heavy (non-hydrogen) atoms. The van der Waals surface area contributed by atoms with Crippen LogP contribution in [0.2, 0.25) is 0 Å². The summed E-state index contributed by atoms with van der Waals surface area (Å²) in [5, 5.41) is 11.1. The van der Waals surface area contributed by atoms with Gasteiger partial charge in [-0.15, -0.1) is 0 Å². The van der Waals surface area contributed by atoms with E-state index in [1.165, 1.54) is 55.9 Å². The van der Waals surface area contributed by atoms with Gasteiger partial charge in [0.25, 0.3) is 0 Å². The van der Waals surface area contributed by atoms with Gasteiger partial charge in [-0.05, 0) is 36.0 Å². The van der Waals surface area contributed by atoms with Crippen LogP contribution in [0.1, 0.15) is 69.9 Å². The molecule has 1 aliphatic rings. The standard InChI is InChI=1S/C22H22O3/c23-21(15-14-18-8-4-5-9-20(18)22(24)25)19-12-10-17(11-13-19)16-6-2-1-3-7-16/h4-5,8-16H,1-3,6-7H2,(H,24,25)/p-1/b15-14+. The molecule has 1 saturated carbocycles. The van der Waals surface area contributed by atoms with Gasteiger partial charge in [-0.25, -0.2) is 0 Å². The van der Waals surface area contributed by atoms with Crippen LogP contribution in [-0.4, -0.2) is 11.8 Å². The van der Waals surface area contributed by atoms with E-state index in [-0.39, 0.29) is 11.3 Å². The first-order valence-corrected chi connectivity index (χ1v) is 8.78. The van der Waals surface area contributed by atoms with E-state index in [1.54, 1.807) is 18.2 Å². The molecule has 128 valence electrons. The fourth-order valence-corrected chi connectivity index (χ4v) is 3.45. The van der Waals surface area contributed by atoms with Crippen molar-refractivity contribution in [3.05, 3.63) is 76.9 Å². The molecule has 2 aromatic carbocycles. The molecule has 1 aliphatic carbocycles. The van der Waals surface area contributed by atoms with Crippen molar-refractivity contribution in [2.45, 2.75) is 38.0 Å². The smallest absolute Gasteiger partial charge is 0.185 e. The summed E-state index contributed by atoms with van der Waals surface area (Å²) in [6.07, 6.45) is 9.30. The van der Waals surface area contributed by atoms with Crippen LogP contribution in [0.4, 0.5) is 0 Å². The summed E-state index contributed by atoms with van der Waals surface area (Å²) < 4.78 is 0. The third kappa shape index (κ3) is 4.24. The molecule has 0 spiro atoms. The Bertz CT molecular complexity index is 781. The van der Waals surface area contributed by atoms with Crippen LogP contribution in [0.5, 0.6) is 0 Å². The number of allylic oxidation sites excluding steroid dienone is 1. The van der Waals surface area contributed by atoms with Crippen molar-refractivity contribution in [3.8, 4) is 0 Å². The summed E-state index contributed by atoms with van der Waals surface area (Å²) in [6, 6.07) is 14.3. The average molecular weight is 333 g/mol. The summed E-state index contributed by atoms with van der Waals surface area (Å²) in [4.78, 5) is 23.4. The summed E-state index contributed by atoms with van der Waals surface area (Å²) in [7, 11) is 0. The topological polar surface area (TPSA) is 57.2 Å². The Morgan fingerprint density at radius 2 is 1.60 bits per heavy atom. The highest BCUT2D eigenvalue weighted by atomic mass is 16.4. The second kappa shape index (κ2) is 7.93. The first-order valence-electron chi connectivity index (χ1n) is 8.78. The van der Waals surface area contributed by atoms with Gasteiger partial charge in [0.1, 0.15) is 0 Å². The van der Waals surface area contributed by atoms with E-state index in [0.29, 0.717) is 17.0 Å². The predicted octanol–water partition coefficient (Wildman–Crippen LogP) is 3.99. The van der Waals surface area contributed by atoms with Gasteiger partial charge in [0, 0.05) is 11.1 Å². The maximum absolute atomic E-state index is 12.3. The first kappa shape index (κ1) is 17.2. The Labute approximate surface area is 148 Å². The summed E-state index contributed by atoms with van der Waals surface area (Å²) in [5.74, 6) is -0.767. The number of rotatable bonds is 5. The SMILES string of the molecule is O=C(/C=C/c1ccccc1C(=O)[O-])c1ccc(C2CCCCC2)cc1. The minimum absolute atomic E-state index is 0.0826. The number of benzene rings is 2. The molecule has 3 rings (SSSR count). The van der Waals surface area contributed by atoms with Crippen LogP contribution in [-0.2, 0) is 0 Å². The van der Waals surface area contributed by atoms with Gasteiger partial charge in [-0.2, -0.15) is 0 Å². The minimum Gasteiger partial charge on any atom is -0.545 e. The molecule has 0 amide bonds. The lowest BCUT2D eigenvalue weighted by Crippen LogP contribution is -2.23. The lowest BCUT2D eigenvalue weighted by molar-refractivity contribution is -0.255. The molecule has 0 radical (unpaired) electrons. The van der Waals surface area contributed by atoms with Gasteiger partial charge < -0.3 is 9.90 Å². The Hall–Kier alpha value is -2.68. The van der Waals surface area contributed by atoms with Gasteiger partial charge in [0.05, 0.1) is 5.97 Å². The molecule has 3 nitrogen and oxygen atoms in total. The Kier molecular flexibility index (Phi) is 5.44. The third-order valence-corrected chi connectivity index (χ3v) is 4.87. The fourth-order valence-electron chi connectivity index (χ4n) is 3.45. The predicted molar refractivity (Wildman–Crippen MR) is 96.4 cm³/mol. The number of aromatic carboxylic acids is 1.